The number of rotatable bonds is 5. The molecule has 1 rings (SSSR count). The average molecular weight is 248 g/mol. The summed E-state index contributed by atoms with van der Waals surface area (Å²) in [6.07, 6.45) is 1.27. The Morgan fingerprint density at radius 3 is 2.67 bits per heavy atom. The Hall–Kier alpha value is -1.35. The fourth-order valence-electron chi connectivity index (χ4n) is 1.86. The van der Waals surface area contributed by atoms with Gasteiger partial charge in [-0.05, 0) is 38.3 Å². The summed E-state index contributed by atoms with van der Waals surface area (Å²) in [5.41, 5.74) is 9.34. The average Bonchev–Trinajstić information content (AvgIpc) is 2.30. The van der Waals surface area contributed by atoms with E-state index in [0.29, 0.717) is 13.0 Å². The van der Waals surface area contributed by atoms with Gasteiger partial charge in [0, 0.05) is 26.1 Å². The quantitative estimate of drug-likeness (QED) is 0.869. The van der Waals surface area contributed by atoms with Gasteiger partial charge in [-0.3, -0.25) is 4.79 Å². The number of nitrogens with two attached hydrogens (primary N) is 1. The number of carbonyl (C=O) groups is 1. The van der Waals surface area contributed by atoms with Gasteiger partial charge in [0.1, 0.15) is 0 Å². The lowest BCUT2D eigenvalue weighted by Crippen LogP contribution is -2.28. The monoisotopic (exact) mass is 248 g/mol. The minimum Gasteiger partial charge on any atom is -0.341 e. The van der Waals surface area contributed by atoms with Crippen LogP contribution < -0.4 is 5.73 Å². The van der Waals surface area contributed by atoms with Crippen LogP contribution in [0.5, 0.6) is 0 Å². The van der Waals surface area contributed by atoms with Crippen molar-refractivity contribution < 1.29 is 4.79 Å². The Bertz CT molecular complexity index is 413. The maximum Gasteiger partial charge on any atom is 0.222 e. The second-order valence-electron chi connectivity index (χ2n) is 5.20. The smallest absolute Gasteiger partial charge is 0.222 e. The zero-order chi connectivity index (χ0) is 13.7. The first-order valence-corrected chi connectivity index (χ1v) is 6.46. The lowest BCUT2D eigenvalue weighted by atomic mass is 10.1. The summed E-state index contributed by atoms with van der Waals surface area (Å²) >= 11 is 0. The highest BCUT2D eigenvalue weighted by atomic mass is 16.2. The molecular formula is C15H24N2O. The molecule has 1 unspecified atom stereocenters. The summed E-state index contributed by atoms with van der Waals surface area (Å²) in [6.45, 7) is 6.75. The Morgan fingerprint density at radius 1 is 1.39 bits per heavy atom. The highest BCUT2D eigenvalue weighted by Gasteiger charge is 2.11. The Kier molecular flexibility index (Phi) is 5.35. The van der Waals surface area contributed by atoms with Crippen molar-refractivity contribution in [1.82, 2.24) is 4.90 Å². The zero-order valence-electron chi connectivity index (χ0n) is 11.9. The molecule has 0 aliphatic heterocycles. The molecule has 2 N–H and O–H groups in total. The molecule has 3 heteroatoms. The molecule has 0 heterocycles. The van der Waals surface area contributed by atoms with Crippen LogP contribution in [0.2, 0.25) is 0 Å². The first-order chi connectivity index (χ1) is 8.40. The second kappa shape index (κ2) is 6.55. The molecule has 0 fully saturated rings. The van der Waals surface area contributed by atoms with Gasteiger partial charge in [-0.2, -0.15) is 0 Å². The zero-order valence-corrected chi connectivity index (χ0v) is 11.9. The number of hydrogen-bond donors (Lipinski definition) is 1. The molecule has 0 aliphatic carbocycles. The number of aryl methyl sites for hydroxylation is 2. The molecule has 1 atom stereocenters. The van der Waals surface area contributed by atoms with Crippen molar-refractivity contribution in [2.75, 3.05) is 7.05 Å². The van der Waals surface area contributed by atoms with Gasteiger partial charge in [-0.15, -0.1) is 0 Å². The SMILES string of the molecule is Cc1ccc(C)c(CN(C)C(=O)CCC(C)N)c1. The third kappa shape index (κ3) is 4.49. The molecule has 0 saturated heterocycles. The van der Waals surface area contributed by atoms with Crippen molar-refractivity contribution in [3.63, 3.8) is 0 Å². The van der Waals surface area contributed by atoms with E-state index in [2.05, 4.69) is 32.0 Å². The highest BCUT2D eigenvalue weighted by Crippen LogP contribution is 2.13. The summed E-state index contributed by atoms with van der Waals surface area (Å²) in [5.74, 6) is 0.160. The van der Waals surface area contributed by atoms with Crippen LogP contribution in [-0.4, -0.2) is 23.9 Å². The van der Waals surface area contributed by atoms with Crippen LogP contribution in [0, 0.1) is 13.8 Å². The molecule has 100 valence electrons. The van der Waals surface area contributed by atoms with E-state index in [1.165, 1.54) is 16.7 Å². The normalized spacial score (nSPS) is 12.3. The van der Waals surface area contributed by atoms with E-state index in [0.717, 1.165) is 6.42 Å². The number of hydrogen-bond acceptors (Lipinski definition) is 2. The van der Waals surface area contributed by atoms with Gasteiger partial charge in [0.25, 0.3) is 0 Å². The van der Waals surface area contributed by atoms with Crippen LogP contribution >= 0.6 is 0 Å². The fourth-order valence-corrected chi connectivity index (χ4v) is 1.86. The molecule has 18 heavy (non-hydrogen) atoms. The predicted octanol–water partition coefficient (Wildman–Crippen LogP) is 2.39. The third-order valence-electron chi connectivity index (χ3n) is 3.15. The van der Waals surface area contributed by atoms with Crippen LogP contribution in [0.15, 0.2) is 18.2 Å². The van der Waals surface area contributed by atoms with Crippen molar-refractivity contribution in [3.8, 4) is 0 Å². The van der Waals surface area contributed by atoms with Crippen LogP contribution in [-0.2, 0) is 11.3 Å². The van der Waals surface area contributed by atoms with E-state index >= 15 is 0 Å². The van der Waals surface area contributed by atoms with Crippen molar-refractivity contribution in [1.29, 1.82) is 0 Å². The maximum atomic E-state index is 11.9. The lowest BCUT2D eigenvalue weighted by molar-refractivity contribution is -0.130. The van der Waals surface area contributed by atoms with Crippen LogP contribution in [0.4, 0.5) is 0 Å². The minimum absolute atomic E-state index is 0.0862. The first kappa shape index (κ1) is 14.7. The fraction of sp³-hybridized carbons (Fsp3) is 0.533. The second-order valence-corrected chi connectivity index (χ2v) is 5.20. The third-order valence-corrected chi connectivity index (χ3v) is 3.15. The highest BCUT2D eigenvalue weighted by molar-refractivity contribution is 5.75. The van der Waals surface area contributed by atoms with Gasteiger partial charge in [0.2, 0.25) is 5.91 Å². The summed E-state index contributed by atoms with van der Waals surface area (Å²) in [4.78, 5) is 13.7. The van der Waals surface area contributed by atoms with E-state index in [4.69, 9.17) is 5.73 Å². The lowest BCUT2D eigenvalue weighted by Gasteiger charge is -2.19. The molecule has 0 radical (unpaired) electrons. The molecule has 0 aromatic heterocycles. The number of carbonyl (C=O) groups excluding carboxylic acids is 1. The predicted molar refractivity (Wildman–Crippen MR) is 75.3 cm³/mol. The van der Waals surface area contributed by atoms with E-state index in [1.807, 2.05) is 14.0 Å². The largest absolute Gasteiger partial charge is 0.341 e. The molecule has 1 amide bonds. The maximum absolute atomic E-state index is 11.9. The molecule has 1 aromatic carbocycles. The van der Waals surface area contributed by atoms with Gasteiger partial charge in [0.05, 0.1) is 0 Å². The molecule has 0 aliphatic rings. The van der Waals surface area contributed by atoms with E-state index < -0.39 is 0 Å². The number of benzene rings is 1. The van der Waals surface area contributed by atoms with E-state index in [9.17, 15) is 4.79 Å². The standard InChI is InChI=1S/C15H24N2O/c1-11-5-6-12(2)14(9-11)10-17(4)15(18)8-7-13(3)16/h5-6,9,13H,7-8,10,16H2,1-4H3. The van der Waals surface area contributed by atoms with Gasteiger partial charge < -0.3 is 10.6 Å². The molecule has 0 spiro atoms. The molecular weight excluding hydrogens is 224 g/mol. The minimum atomic E-state index is 0.0862. The summed E-state index contributed by atoms with van der Waals surface area (Å²) in [5, 5.41) is 0. The summed E-state index contributed by atoms with van der Waals surface area (Å²) in [7, 11) is 1.85. The van der Waals surface area contributed by atoms with Crippen molar-refractivity contribution >= 4 is 5.91 Å². The van der Waals surface area contributed by atoms with Crippen LogP contribution in [0.3, 0.4) is 0 Å². The Balaban J connectivity index is 2.60. The van der Waals surface area contributed by atoms with Crippen LogP contribution in [0.25, 0.3) is 0 Å². The van der Waals surface area contributed by atoms with Gasteiger partial charge in [-0.1, -0.05) is 23.8 Å². The Morgan fingerprint density at radius 2 is 2.06 bits per heavy atom. The Labute approximate surface area is 110 Å². The van der Waals surface area contributed by atoms with Crippen LogP contribution in [0.1, 0.15) is 36.5 Å². The van der Waals surface area contributed by atoms with E-state index in [-0.39, 0.29) is 11.9 Å². The molecule has 0 bridgehead atoms. The number of nitrogens with zero attached hydrogens (tertiary/aromatic N) is 1. The van der Waals surface area contributed by atoms with Crippen molar-refractivity contribution in [3.05, 3.63) is 34.9 Å². The molecule has 1 aromatic rings. The van der Waals surface area contributed by atoms with Crippen molar-refractivity contribution in [2.24, 2.45) is 5.73 Å². The van der Waals surface area contributed by atoms with Gasteiger partial charge >= 0.3 is 0 Å². The number of amides is 1. The molecule has 0 saturated carbocycles. The summed E-state index contributed by atoms with van der Waals surface area (Å²) in [6, 6.07) is 6.43. The van der Waals surface area contributed by atoms with Gasteiger partial charge in [-0.25, -0.2) is 0 Å². The topological polar surface area (TPSA) is 46.3 Å². The molecule has 3 nitrogen and oxygen atoms in total. The van der Waals surface area contributed by atoms with Gasteiger partial charge in [0.15, 0.2) is 0 Å². The van der Waals surface area contributed by atoms with Crippen molar-refractivity contribution in [2.45, 2.75) is 46.2 Å². The van der Waals surface area contributed by atoms with E-state index in [1.54, 1.807) is 4.90 Å². The summed E-state index contributed by atoms with van der Waals surface area (Å²) < 4.78 is 0. The first-order valence-electron chi connectivity index (χ1n) is 6.46.